The van der Waals surface area contributed by atoms with Crippen molar-refractivity contribution >= 4 is 43.4 Å². The number of aliphatic carboxylic acids is 1. The molecule has 2 aromatic rings. The van der Waals surface area contributed by atoms with Gasteiger partial charge >= 0.3 is 11.9 Å². The molecule has 0 bridgehead atoms. The van der Waals surface area contributed by atoms with Crippen molar-refractivity contribution in [3.8, 4) is 0 Å². The summed E-state index contributed by atoms with van der Waals surface area (Å²) in [6.07, 6.45) is 0. The van der Waals surface area contributed by atoms with Crippen LogP contribution in [0.15, 0.2) is 29.2 Å². The van der Waals surface area contributed by atoms with Gasteiger partial charge in [0, 0.05) is 4.70 Å². The van der Waals surface area contributed by atoms with Gasteiger partial charge < -0.3 is 9.84 Å². The Labute approximate surface area is 149 Å². The lowest BCUT2D eigenvalue weighted by Gasteiger charge is -2.18. The highest BCUT2D eigenvalue weighted by Gasteiger charge is 2.28. The molecular weight excluding hydrogens is 366 g/mol. The standard InChI is InChI=1S/C16H19NO6S2/c1-4-23-16(20)13-8-10-7-11(5-6-12(10)24-13)25(21,22)17-14(9(2)3)15(18)19/h5-9,14,17H,4H2,1-3H3,(H,18,19)/t14-/m0/s1. The zero-order chi connectivity index (χ0) is 18.8. The Kier molecular flexibility index (Phi) is 5.81. The molecule has 1 atom stereocenters. The van der Waals surface area contributed by atoms with Gasteiger partial charge in [-0.25, -0.2) is 13.2 Å². The van der Waals surface area contributed by atoms with Crippen molar-refractivity contribution in [3.63, 3.8) is 0 Å². The molecule has 0 fully saturated rings. The lowest BCUT2D eigenvalue weighted by atomic mass is 10.1. The van der Waals surface area contributed by atoms with Gasteiger partial charge in [-0.3, -0.25) is 4.79 Å². The number of fused-ring (bicyclic) bond motifs is 1. The summed E-state index contributed by atoms with van der Waals surface area (Å²) in [7, 11) is -4.00. The highest BCUT2D eigenvalue weighted by molar-refractivity contribution is 7.89. The van der Waals surface area contributed by atoms with Crippen LogP contribution in [0.4, 0.5) is 0 Å². The highest BCUT2D eigenvalue weighted by atomic mass is 32.2. The summed E-state index contributed by atoms with van der Waals surface area (Å²) in [6.45, 7) is 5.20. The average Bonchev–Trinajstić information content (AvgIpc) is 2.95. The van der Waals surface area contributed by atoms with Crippen LogP contribution in [0.3, 0.4) is 0 Å². The smallest absolute Gasteiger partial charge is 0.348 e. The Morgan fingerprint density at radius 1 is 1.28 bits per heavy atom. The minimum atomic E-state index is -4.00. The molecule has 2 rings (SSSR count). The molecule has 0 unspecified atom stereocenters. The van der Waals surface area contributed by atoms with Gasteiger partial charge in [0.1, 0.15) is 10.9 Å². The minimum absolute atomic E-state index is 0.0555. The van der Waals surface area contributed by atoms with E-state index in [2.05, 4.69) is 4.72 Å². The van der Waals surface area contributed by atoms with Crippen LogP contribution in [0.1, 0.15) is 30.4 Å². The van der Waals surface area contributed by atoms with Crippen molar-refractivity contribution in [2.75, 3.05) is 6.61 Å². The number of hydrogen-bond acceptors (Lipinski definition) is 6. The van der Waals surface area contributed by atoms with E-state index in [1.165, 1.54) is 23.5 Å². The molecule has 9 heteroatoms. The number of esters is 1. The summed E-state index contributed by atoms with van der Waals surface area (Å²) in [5.41, 5.74) is 0. The molecule has 136 valence electrons. The number of sulfonamides is 1. The van der Waals surface area contributed by atoms with Gasteiger partial charge in [-0.1, -0.05) is 13.8 Å². The summed E-state index contributed by atoms with van der Waals surface area (Å²) in [4.78, 5) is 23.3. The SMILES string of the molecule is CCOC(=O)c1cc2cc(S(=O)(=O)N[C@H](C(=O)O)C(C)C)ccc2s1. The first-order valence-electron chi connectivity index (χ1n) is 7.61. The van der Waals surface area contributed by atoms with Crippen molar-refractivity contribution in [1.29, 1.82) is 0 Å². The van der Waals surface area contributed by atoms with Crippen LogP contribution >= 0.6 is 11.3 Å². The van der Waals surface area contributed by atoms with Crippen molar-refractivity contribution in [2.45, 2.75) is 31.7 Å². The van der Waals surface area contributed by atoms with E-state index in [-0.39, 0.29) is 11.5 Å². The van der Waals surface area contributed by atoms with E-state index < -0.39 is 33.9 Å². The predicted octanol–water partition coefficient (Wildman–Crippen LogP) is 2.47. The van der Waals surface area contributed by atoms with E-state index in [0.29, 0.717) is 10.3 Å². The van der Waals surface area contributed by atoms with Crippen LogP contribution < -0.4 is 4.72 Å². The Balaban J connectivity index is 2.37. The lowest BCUT2D eigenvalue weighted by molar-refractivity contribution is -0.140. The van der Waals surface area contributed by atoms with E-state index >= 15 is 0 Å². The monoisotopic (exact) mass is 385 g/mol. The summed E-state index contributed by atoms with van der Waals surface area (Å²) in [5, 5.41) is 9.74. The number of carbonyl (C=O) groups excluding carboxylic acids is 1. The third kappa shape index (κ3) is 4.36. The number of nitrogens with one attached hydrogen (secondary N) is 1. The van der Waals surface area contributed by atoms with Gasteiger partial charge in [0.15, 0.2) is 0 Å². The Morgan fingerprint density at radius 2 is 1.96 bits per heavy atom. The third-order valence-corrected chi connectivity index (χ3v) is 6.02. The van der Waals surface area contributed by atoms with Crippen LogP contribution in [0.5, 0.6) is 0 Å². The van der Waals surface area contributed by atoms with E-state index in [1.54, 1.807) is 32.9 Å². The Bertz CT molecular complexity index is 900. The van der Waals surface area contributed by atoms with E-state index in [1.807, 2.05) is 0 Å². The number of ether oxygens (including phenoxy) is 1. The zero-order valence-corrected chi connectivity index (χ0v) is 15.6. The van der Waals surface area contributed by atoms with Gasteiger partial charge in [0.2, 0.25) is 10.0 Å². The molecule has 0 aliphatic carbocycles. The maximum absolute atomic E-state index is 12.5. The quantitative estimate of drug-likeness (QED) is 0.709. The van der Waals surface area contributed by atoms with Gasteiger partial charge in [-0.2, -0.15) is 4.72 Å². The van der Waals surface area contributed by atoms with E-state index in [0.717, 1.165) is 4.70 Å². The van der Waals surface area contributed by atoms with Crippen LogP contribution in [-0.4, -0.2) is 38.1 Å². The minimum Gasteiger partial charge on any atom is -0.480 e. The van der Waals surface area contributed by atoms with Crippen LogP contribution in [-0.2, 0) is 19.6 Å². The fraction of sp³-hybridized carbons (Fsp3) is 0.375. The number of carbonyl (C=O) groups is 2. The van der Waals surface area contributed by atoms with Crippen molar-refractivity contribution in [3.05, 3.63) is 29.1 Å². The summed E-state index contributed by atoms with van der Waals surface area (Å²) in [6, 6.07) is 4.72. The van der Waals surface area contributed by atoms with Gasteiger partial charge in [-0.15, -0.1) is 11.3 Å². The molecule has 0 spiro atoms. The molecule has 0 saturated carbocycles. The van der Waals surface area contributed by atoms with Crippen molar-refractivity contribution < 1.29 is 27.9 Å². The molecule has 0 amide bonds. The molecular formula is C16H19NO6S2. The fourth-order valence-electron chi connectivity index (χ4n) is 2.20. The summed E-state index contributed by atoms with van der Waals surface area (Å²) >= 11 is 1.20. The zero-order valence-electron chi connectivity index (χ0n) is 14.0. The van der Waals surface area contributed by atoms with Crippen LogP contribution in [0, 0.1) is 5.92 Å². The summed E-state index contributed by atoms with van der Waals surface area (Å²) in [5.74, 6) is -2.11. The molecule has 0 aliphatic heterocycles. The molecule has 1 aromatic carbocycles. The second kappa shape index (κ2) is 7.51. The number of carboxylic acids is 1. The number of benzene rings is 1. The lowest BCUT2D eigenvalue weighted by Crippen LogP contribution is -2.44. The summed E-state index contributed by atoms with van der Waals surface area (Å²) < 4.78 is 32.8. The van der Waals surface area contributed by atoms with Gasteiger partial charge in [0.05, 0.1) is 11.5 Å². The third-order valence-electron chi connectivity index (χ3n) is 3.49. The van der Waals surface area contributed by atoms with Crippen LogP contribution in [0.25, 0.3) is 10.1 Å². The second-order valence-electron chi connectivity index (χ2n) is 5.71. The number of rotatable bonds is 7. The number of hydrogen-bond donors (Lipinski definition) is 2. The molecule has 25 heavy (non-hydrogen) atoms. The van der Waals surface area contributed by atoms with Gasteiger partial charge in [0.25, 0.3) is 0 Å². The first kappa shape index (κ1) is 19.4. The molecule has 0 radical (unpaired) electrons. The molecule has 7 nitrogen and oxygen atoms in total. The maximum atomic E-state index is 12.5. The topological polar surface area (TPSA) is 110 Å². The second-order valence-corrected chi connectivity index (χ2v) is 8.51. The number of thiophene rings is 1. The Morgan fingerprint density at radius 3 is 2.52 bits per heavy atom. The fourth-order valence-corrected chi connectivity index (χ4v) is 4.51. The van der Waals surface area contributed by atoms with Crippen molar-refractivity contribution in [1.82, 2.24) is 4.72 Å². The van der Waals surface area contributed by atoms with Crippen molar-refractivity contribution in [2.24, 2.45) is 5.92 Å². The molecule has 1 heterocycles. The highest BCUT2D eigenvalue weighted by Crippen LogP contribution is 2.28. The normalized spacial score (nSPS) is 13.1. The average molecular weight is 385 g/mol. The Hall–Kier alpha value is -1.97. The maximum Gasteiger partial charge on any atom is 0.348 e. The molecule has 2 N–H and O–H groups in total. The molecule has 0 saturated heterocycles. The molecule has 0 aliphatic rings. The van der Waals surface area contributed by atoms with E-state index in [4.69, 9.17) is 9.84 Å². The first-order chi connectivity index (χ1) is 11.7. The predicted molar refractivity (Wildman–Crippen MR) is 94.4 cm³/mol. The van der Waals surface area contributed by atoms with Crippen LogP contribution in [0.2, 0.25) is 0 Å². The number of carboxylic acid groups (broad SMARTS) is 1. The van der Waals surface area contributed by atoms with E-state index in [9.17, 15) is 18.0 Å². The largest absolute Gasteiger partial charge is 0.480 e. The van der Waals surface area contributed by atoms with Gasteiger partial charge in [-0.05, 0) is 42.5 Å². The first-order valence-corrected chi connectivity index (χ1v) is 9.91. The molecule has 1 aromatic heterocycles.